The van der Waals surface area contributed by atoms with Crippen LogP contribution in [0.5, 0.6) is 0 Å². The zero-order chi connectivity index (χ0) is 10.1. The van der Waals surface area contributed by atoms with E-state index >= 15 is 0 Å². The number of fused-ring (bicyclic) bond motifs is 1. The molecule has 0 aromatic carbocycles. The van der Waals surface area contributed by atoms with Gasteiger partial charge in [0, 0.05) is 0 Å². The third kappa shape index (κ3) is 2.10. The maximum atomic E-state index is 9.05. The maximum absolute atomic E-state index is 9.05. The molecule has 1 heterocycles. The Morgan fingerprint density at radius 3 is 3.00 bits per heavy atom. The summed E-state index contributed by atoms with van der Waals surface area (Å²) in [4.78, 5) is 0. The molecular weight excluding hydrogens is 180 g/mol. The van der Waals surface area contributed by atoms with Crippen molar-refractivity contribution in [3.8, 4) is 0 Å². The Morgan fingerprint density at radius 1 is 1.50 bits per heavy atom. The second-order valence-electron chi connectivity index (χ2n) is 4.65. The van der Waals surface area contributed by atoms with Gasteiger partial charge in [-0.1, -0.05) is 0 Å². The van der Waals surface area contributed by atoms with Gasteiger partial charge in [-0.25, -0.2) is 0 Å². The molecule has 2 fully saturated rings. The minimum Gasteiger partial charge on any atom is -0.375 e. The SMILES string of the molecule is CC(O)OCC1CC[C@H]2OC(C)C[C@@H]12. The molecule has 14 heavy (non-hydrogen) atoms. The fraction of sp³-hybridized carbons (Fsp3) is 1.00. The minimum absolute atomic E-state index is 0.416. The summed E-state index contributed by atoms with van der Waals surface area (Å²) in [6.07, 6.45) is 3.77. The molecule has 1 saturated carbocycles. The van der Waals surface area contributed by atoms with Crippen LogP contribution < -0.4 is 0 Å². The second kappa shape index (κ2) is 4.17. The van der Waals surface area contributed by atoms with Crippen molar-refractivity contribution in [1.29, 1.82) is 0 Å². The van der Waals surface area contributed by atoms with Gasteiger partial charge >= 0.3 is 0 Å². The van der Waals surface area contributed by atoms with Gasteiger partial charge in [0.2, 0.25) is 0 Å². The van der Waals surface area contributed by atoms with Crippen LogP contribution in [0, 0.1) is 11.8 Å². The molecule has 3 nitrogen and oxygen atoms in total. The Hall–Kier alpha value is -0.120. The first-order chi connectivity index (χ1) is 6.66. The van der Waals surface area contributed by atoms with Crippen LogP contribution in [0.15, 0.2) is 0 Å². The highest BCUT2D eigenvalue weighted by Gasteiger charge is 2.42. The summed E-state index contributed by atoms with van der Waals surface area (Å²) < 4.78 is 11.1. The van der Waals surface area contributed by atoms with E-state index in [4.69, 9.17) is 14.6 Å². The van der Waals surface area contributed by atoms with Gasteiger partial charge in [0.1, 0.15) is 0 Å². The van der Waals surface area contributed by atoms with Crippen molar-refractivity contribution in [2.24, 2.45) is 11.8 Å². The Morgan fingerprint density at radius 2 is 2.29 bits per heavy atom. The van der Waals surface area contributed by atoms with E-state index in [0.717, 1.165) is 0 Å². The lowest BCUT2D eigenvalue weighted by Crippen LogP contribution is -2.21. The van der Waals surface area contributed by atoms with E-state index in [0.29, 0.717) is 30.7 Å². The van der Waals surface area contributed by atoms with Crippen molar-refractivity contribution in [3.05, 3.63) is 0 Å². The van der Waals surface area contributed by atoms with E-state index in [1.54, 1.807) is 6.92 Å². The predicted octanol–water partition coefficient (Wildman–Crippen LogP) is 1.54. The molecule has 1 N–H and O–H groups in total. The normalized spacial score (nSPS) is 43.9. The van der Waals surface area contributed by atoms with E-state index in [1.807, 2.05) is 0 Å². The number of ether oxygens (including phenoxy) is 2. The molecule has 0 bridgehead atoms. The average molecular weight is 200 g/mol. The third-order valence-electron chi connectivity index (χ3n) is 3.47. The summed E-state index contributed by atoms with van der Waals surface area (Å²) in [5, 5.41) is 9.05. The molecule has 5 atom stereocenters. The van der Waals surface area contributed by atoms with Crippen molar-refractivity contribution in [2.75, 3.05) is 6.61 Å². The molecule has 1 saturated heterocycles. The summed E-state index contributed by atoms with van der Waals surface area (Å²) in [5.74, 6) is 1.27. The molecule has 0 aromatic rings. The Bertz CT molecular complexity index is 193. The first-order valence-corrected chi connectivity index (χ1v) is 5.62. The van der Waals surface area contributed by atoms with Crippen LogP contribution in [0.1, 0.15) is 33.1 Å². The molecular formula is C11H20O3. The van der Waals surface area contributed by atoms with Gasteiger partial charge in [-0.05, 0) is 44.9 Å². The second-order valence-corrected chi connectivity index (χ2v) is 4.65. The zero-order valence-electron chi connectivity index (χ0n) is 8.98. The van der Waals surface area contributed by atoms with Crippen LogP contribution in [-0.2, 0) is 9.47 Å². The van der Waals surface area contributed by atoms with Gasteiger partial charge in [0.15, 0.2) is 6.29 Å². The number of hydrogen-bond donors (Lipinski definition) is 1. The zero-order valence-corrected chi connectivity index (χ0v) is 8.98. The molecule has 0 radical (unpaired) electrons. The van der Waals surface area contributed by atoms with Crippen molar-refractivity contribution in [3.63, 3.8) is 0 Å². The first-order valence-electron chi connectivity index (χ1n) is 5.62. The van der Waals surface area contributed by atoms with Gasteiger partial charge in [0.05, 0.1) is 18.8 Å². The molecule has 2 rings (SSSR count). The van der Waals surface area contributed by atoms with Crippen LogP contribution in [0.2, 0.25) is 0 Å². The van der Waals surface area contributed by atoms with Gasteiger partial charge in [-0.3, -0.25) is 0 Å². The molecule has 1 aliphatic carbocycles. The average Bonchev–Trinajstić information content (AvgIpc) is 2.60. The topological polar surface area (TPSA) is 38.7 Å². The number of aliphatic hydroxyl groups is 1. The third-order valence-corrected chi connectivity index (χ3v) is 3.47. The van der Waals surface area contributed by atoms with Crippen molar-refractivity contribution in [1.82, 2.24) is 0 Å². The van der Waals surface area contributed by atoms with Gasteiger partial charge in [-0.2, -0.15) is 0 Å². The smallest absolute Gasteiger partial charge is 0.151 e. The maximum Gasteiger partial charge on any atom is 0.151 e. The van der Waals surface area contributed by atoms with Gasteiger partial charge in [-0.15, -0.1) is 0 Å². The highest BCUT2D eigenvalue weighted by Crippen LogP contribution is 2.43. The molecule has 0 spiro atoms. The van der Waals surface area contributed by atoms with Crippen LogP contribution in [0.4, 0.5) is 0 Å². The van der Waals surface area contributed by atoms with Gasteiger partial charge < -0.3 is 14.6 Å². The van der Waals surface area contributed by atoms with Crippen molar-refractivity contribution in [2.45, 2.75) is 51.6 Å². The molecule has 3 unspecified atom stereocenters. The predicted molar refractivity (Wildman–Crippen MR) is 52.8 cm³/mol. The van der Waals surface area contributed by atoms with E-state index in [1.165, 1.54) is 19.3 Å². The highest BCUT2D eigenvalue weighted by atomic mass is 16.6. The van der Waals surface area contributed by atoms with E-state index in [9.17, 15) is 0 Å². The number of rotatable bonds is 3. The highest BCUT2D eigenvalue weighted by molar-refractivity contribution is 4.91. The Balaban J connectivity index is 1.83. The van der Waals surface area contributed by atoms with Crippen LogP contribution in [0.3, 0.4) is 0 Å². The van der Waals surface area contributed by atoms with Crippen LogP contribution >= 0.6 is 0 Å². The van der Waals surface area contributed by atoms with Crippen molar-refractivity contribution >= 4 is 0 Å². The summed E-state index contributed by atoms with van der Waals surface area (Å²) in [7, 11) is 0. The Labute approximate surface area is 85.4 Å². The fourth-order valence-electron chi connectivity index (χ4n) is 2.83. The molecule has 2 aliphatic rings. The summed E-state index contributed by atoms with van der Waals surface area (Å²) in [5.41, 5.74) is 0. The Kier molecular flexibility index (Phi) is 3.10. The summed E-state index contributed by atoms with van der Waals surface area (Å²) in [6.45, 7) is 4.50. The quantitative estimate of drug-likeness (QED) is 0.702. The standard InChI is InChI=1S/C11H20O3/c1-7-5-10-9(6-13-8(2)12)3-4-11(10)14-7/h7-12H,3-6H2,1-2H3/t7?,8?,9?,10-,11+/m0/s1. The number of aliphatic hydroxyl groups excluding tert-OH is 1. The largest absolute Gasteiger partial charge is 0.375 e. The minimum atomic E-state index is -0.631. The van der Waals surface area contributed by atoms with E-state index < -0.39 is 6.29 Å². The molecule has 1 aliphatic heterocycles. The monoisotopic (exact) mass is 200 g/mol. The van der Waals surface area contributed by atoms with Gasteiger partial charge in [0.25, 0.3) is 0 Å². The molecule has 3 heteroatoms. The van der Waals surface area contributed by atoms with Crippen LogP contribution in [0.25, 0.3) is 0 Å². The van der Waals surface area contributed by atoms with E-state index in [-0.39, 0.29) is 0 Å². The fourth-order valence-corrected chi connectivity index (χ4v) is 2.83. The summed E-state index contributed by atoms with van der Waals surface area (Å²) >= 11 is 0. The lowest BCUT2D eigenvalue weighted by molar-refractivity contribution is -0.0997. The molecule has 82 valence electrons. The summed E-state index contributed by atoms with van der Waals surface area (Å²) in [6, 6.07) is 0. The lowest BCUT2D eigenvalue weighted by Gasteiger charge is -2.18. The lowest BCUT2D eigenvalue weighted by atomic mass is 9.92. The number of hydrogen-bond acceptors (Lipinski definition) is 3. The molecule has 0 aromatic heterocycles. The molecule has 0 amide bonds. The van der Waals surface area contributed by atoms with E-state index in [2.05, 4.69) is 6.92 Å². The first kappa shape index (κ1) is 10.4. The van der Waals surface area contributed by atoms with Crippen molar-refractivity contribution < 1.29 is 14.6 Å². The van der Waals surface area contributed by atoms with Crippen LogP contribution in [-0.4, -0.2) is 30.2 Å².